The van der Waals surface area contributed by atoms with Gasteiger partial charge in [0.2, 0.25) is 0 Å². The van der Waals surface area contributed by atoms with Crippen LogP contribution >= 0.6 is 0 Å². The van der Waals surface area contributed by atoms with Gasteiger partial charge in [-0.3, -0.25) is 0 Å². The predicted molar refractivity (Wildman–Crippen MR) is 51.3 cm³/mol. The topological polar surface area (TPSA) is 50.5 Å². The van der Waals surface area contributed by atoms with E-state index in [2.05, 4.69) is 10.6 Å². The Hall–Kier alpha value is -1.58. The SMILES string of the molecule is CCC[N+]([O-])=NNc1ccccc1. The number of anilines is 1. The van der Waals surface area contributed by atoms with E-state index in [0.29, 0.717) is 11.4 Å². The third kappa shape index (κ3) is 3.55. The van der Waals surface area contributed by atoms with Crippen molar-refractivity contribution in [2.75, 3.05) is 12.0 Å². The van der Waals surface area contributed by atoms with E-state index in [9.17, 15) is 5.21 Å². The second kappa shape index (κ2) is 5.13. The lowest BCUT2D eigenvalue weighted by molar-refractivity contribution is -0.528. The molecule has 0 aliphatic rings. The van der Waals surface area contributed by atoms with E-state index in [1.165, 1.54) is 0 Å². The Morgan fingerprint density at radius 3 is 2.69 bits per heavy atom. The molecule has 0 aliphatic carbocycles. The van der Waals surface area contributed by atoms with Gasteiger partial charge in [-0.2, -0.15) is 4.86 Å². The van der Waals surface area contributed by atoms with Gasteiger partial charge in [0.15, 0.2) is 0 Å². The van der Waals surface area contributed by atoms with Gasteiger partial charge in [0.05, 0.1) is 5.22 Å². The molecule has 1 rings (SSSR count). The highest BCUT2D eigenvalue weighted by Gasteiger charge is 1.92. The van der Waals surface area contributed by atoms with Crippen LogP contribution in [-0.4, -0.2) is 11.4 Å². The van der Waals surface area contributed by atoms with Gasteiger partial charge in [0, 0.05) is 0 Å². The molecule has 0 radical (unpaired) electrons. The number of benzene rings is 1. The third-order valence-corrected chi connectivity index (χ3v) is 1.48. The minimum absolute atomic E-state index is 0.417. The van der Waals surface area contributed by atoms with Crippen molar-refractivity contribution in [1.82, 2.24) is 0 Å². The van der Waals surface area contributed by atoms with Crippen LogP contribution in [0.15, 0.2) is 35.6 Å². The summed E-state index contributed by atoms with van der Waals surface area (Å²) >= 11 is 0. The molecule has 0 bridgehead atoms. The Kier molecular flexibility index (Phi) is 3.75. The van der Waals surface area contributed by atoms with E-state index in [1.54, 1.807) is 0 Å². The van der Waals surface area contributed by atoms with Crippen LogP contribution in [0.2, 0.25) is 0 Å². The number of hydrogen-bond donors (Lipinski definition) is 1. The van der Waals surface area contributed by atoms with Gasteiger partial charge in [0.25, 0.3) is 0 Å². The third-order valence-electron chi connectivity index (χ3n) is 1.48. The van der Waals surface area contributed by atoms with Gasteiger partial charge in [-0.1, -0.05) is 25.1 Å². The molecule has 0 amide bonds. The monoisotopic (exact) mass is 179 g/mol. The van der Waals surface area contributed by atoms with Crippen molar-refractivity contribution in [3.05, 3.63) is 35.5 Å². The van der Waals surface area contributed by atoms with Crippen LogP contribution in [0.3, 0.4) is 0 Å². The fourth-order valence-electron chi connectivity index (χ4n) is 0.867. The van der Waals surface area contributed by atoms with Crippen LogP contribution in [-0.2, 0) is 0 Å². The molecular weight excluding hydrogens is 166 g/mol. The zero-order valence-electron chi connectivity index (χ0n) is 7.60. The van der Waals surface area contributed by atoms with Crippen molar-refractivity contribution in [2.45, 2.75) is 13.3 Å². The lowest BCUT2D eigenvalue weighted by Crippen LogP contribution is -2.04. The summed E-state index contributed by atoms with van der Waals surface area (Å²) in [6.45, 7) is 2.35. The molecule has 0 fully saturated rings. The first-order valence-electron chi connectivity index (χ1n) is 4.29. The number of nitrogens with zero attached hydrogens (tertiary/aromatic N) is 2. The first-order chi connectivity index (χ1) is 6.33. The lowest BCUT2D eigenvalue weighted by atomic mass is 10.3. The van der Waals surface area contributed by atoms with Gasteiger partial charge in [-0.15, -0.1) is 5.43 Å². The molecule has 0 atom stereocenters. The highest BCUT2D eigenvalue weighted by molar-refractivity contribution is 5.40. The zero-order valence-corrected chi connectivity index (χ0v) is 7.60. The van der Waals surface area contributed by atoms with Crippen molar-refractivity contribution in [3.8, 4) is 0 Å². The minimum atomic E-state index is 0.417. The second-order valence-corrected chi connectivity index (χ2v) is 2.65. The number of nitrogens with one attached hydrogen (secondary N) is 1. The molecule has 1 N–H and O–H groups in total. The summed E-state index contributed by atoms with van der Waals surface area (Å²) in [4.78, 5) is 0.646. The Labute approximate surface area is 77.5 Å². The van der Waals surface area contributed by atoms with Gasteiger partial charge in [-0.05, 0) is 18.6 Å². The van der Waals surface area contributed by atoms with Crippen LogP contribution < -0.4 is 5.43 Å². The van der Waals surface area contributed by atoms with Crippen molar-refractivity contribution in [1.29, 1.82) is 0 Å². The van der Waals surface area contributed by atoms with Crippen LogP contribution in [0.1, 0.15) is 13.3 Å². The normalized spacial score (nSPS) is 11.3. The summed E-state index contributed by atoms with van der Waals surface area (Å²) in [6.07, 6.45) is 0.795. The highest BCUT2D eigenvalue weighted by atomic mass is 16.5. The molecule has 0 unspecified atom stereocenters. The van der Waals surface area contributed by atoms with Gasteiger partial charge in [-0.25, -0.2) is 0 Å². The average Bonchev–Trinajstić information content (AvgIpc) is 2.17. The molecule has 1 aromatic carbocycles. The molecule has 0 heterocycles. The molecule has 70 valence electrons. The molecule has 0 saturated heterocycles. The largest absolute Gasteiger partial charge is 0.696 e. The maximum Gasteiger partial charge on any atom is 0.146 e. The lowest BCUT2D eigenvalue weighted by Gasteiger charge is -2.02. The van der Waals surface area contributed by atoms with Crippen LogP contribution in [0.5, 0.6) is 0 Å². The fraction of sp³-hybridized carbons (Fsp3) is 0.333. The summed E-state index contributed by atoms with van der Waals surface area (Å²) < 4.78 is 0. The zero-order chi connectivity index (χ0) is 9.52. The first kappa shape index (κ1) is 9.51. The molecule has 0 aliphatic heterocycles. The van der Waals surface area contributed by atoms with E-state index in [-0.39, 0.29) is 0 Å². The van der Waals surface area contributed by atoms with E-state index in [0.717, 1.165) is 12.1 Å². The first-order valence-corrected chi connectivity index (χ1v) is 4.29. The van der Waals surface area contributed by atoms with Crippen molar-refractivity contribution in [2.24, 2.45) is 5.22 Å². The summed E-state index contributed by atoms with van der Waals surface area (Å²) in [7, 11) is 0. The molecule has 4 nitrogen and oxygen atoms in total. The molecule has 0 aromatic heterocycles. The van der Waals surface area contributed by atoms with Gasteiger partial charge in [0.1, 0.15) is 12.2 Å². The standard InChI is InChI=1S/C9H13N3O/c1-2-8-12(13)11-10-9-6-4-3-5-7-9/h3-7,10H,2,8H2,1H3. The Balaban J connectivity index is 2.47. The van der Waals surface area contributed by atoms with Crippen molar-refractivity contribution < 1.29 is 4.86 Å². The molecule has 0 saturated carbocycles. The molecule has 1 aromatic rings. The smallest absolute Gasteiger partial charge is 0.146 e. The maximum atomic E-state index is 10.9. The number of hydrogen-bond acceptors (Lipinski definition) is 2. The summed E-state index contributed by atoms with van der Waals surface area (Å²) in [5.74, 6) is 0. The molecule has 0 spiro atoms. The van der Waals surface area contributed by atoms with Crippen LogP contribution in [0.4, 0.5) is 5.69 Å². The quantitative estimate of drug-likeness (QED) is 0.438. The fourth-order valence-corrected chi connectivity index (χ4v) is 0.867. The average molecular weight is 179 g/mol. The summed E-state index contributed by atoms with van der Waals surface area (Å²) in [6, 6.07) is 9.37. The Morgan fingerprint density at radius 2 is 2.08 bits per heavy atom. The van der Waals surface area contributed by atoms with E-state index < -0.39 is 0 Å². The molecule has 13 heavy (non-hydrogen) atoms. The maximum absolute atomic E-state index is 10.9. The van der Waals surface area contributed by atoms with Crippen molar-refractivity contribution in [3.63, 3.8) is 0 Å². The van der Waals surface area contributed by atoms with Crippen LogP contribution in [0.25, 0.3) is 0 Å². The number of hydroxylamine groups is 1. The van der Waals surface area contributed by atoms with Gasteiger partial charge < -0.3 is 5.21 Å². The van der Waals surface area contributed by atoms with E-state index in [1.807, 2.05) is 37.3 Å². The Morgan fingerprint density at radius 1 is 1.38 bits per heavy atom. The van der Waals surface area contributed by atoms with Crippen molar-refractivity contribution >= 4 is 5.69 Å². The molecule has 4 heteroatoms. The summed E-state index contributed by atoms with van der Waals surface area (Å²) in [5, 5.41) is 14.5. The van der Waals surface area contributed by atoms with E-state index >= 15 is 0 Å². The molecular formula is C9H13N3O. The van der Waals surface area contributed by atoms with Crippen LogP contribution in [0, 0.1) is 5.21 Å². The summed E-state index contributed by atoms with van der Waals surface area (Å²) in [5.41, 5.74) is 3.49. The second-order valence-electron chi connectivity index (χ2n) is 2.65. The Bertz CT molecular complexity index is 271. The minimum Gasteiger partial charge on any atom is -0.696 e. The van der Waals surface area contributed by atoms with Gasteiger partial charge >= 0.3 is 0 Å². The van der Waals surface area contributed by atoms with E-state index in [4.69, 9.17) is 0 Å². The number of rotatable bonds is 4. The predicted octanol–water partition coefficient (Wildman–Crippen LogP) is 2.39. The highest BCUT2D eigenvalue weighted by Crippen LogP contribution is 2.04. The number of para-hydroxylation sites is 1.